The second kappa shape index (κ2) is 5.70. The van der Waals surface area contributed by atoms with Crippen molar-refractivity contribution in [3.8, 4) is 0 Å². The van der Waals surface area contributed by atoms with Gasteiger partial charge in [-0.25, -0.2) is 0 Å². The zero-order valence-corrected chi connectivity index (χ0v) is 9.29. The van der Waals surface area contributed by atoms with E-state index in [0.717, 1.165) is 0 Å². The van der Waals surface area contributed by atoms with Crippen LogP contribution in [0, 0.1) is 0 Å². The highest BCUT2D eigenvalue weighted by atomic mass is 79.9. The Kier molecular flexibility index (Phi) is 4.53. The molecule has 0 aliphatic rings. The molecule has 1 rings (SSSR count). The minimum Gasteiger partial charge on any atom is -0.299 e. The van der Waals surface area contributed by atoms with Gasteiger partial charge in [-0.1, -0.05) is 46.3 Å². The van der Waals surface area contributed by atoms with Crippen molar-refractivity contribution in [1.29, 1.82) is 0 Å². The van der Waals surface area contributed by atoms with Gasteiger partial charge in [0, 0.05) is 18.4 Å². The van der Waals surface area contributed by atoms with Crippen LogP contribution >= 0.6 is 15.9 Å². The molecule has 0 saturated carbocycles. The number of carbonyl (C=O) groups is 2. The Hall–Kier alpha value is -0.960. The third-order valence-electron chi connectivity index (χ3n) is 1.88. The molecule has 0 bridgehead atoms. The highest BCUT2D eigenvalue weighted by Crippen LogP contribution is 2.05. The van der Waals surface area contributed by atoms with E-state index in [4.69, 9.17) is 0 Å². The minimum absolute atomic E-state index is 0.0277. The summed E-state index contributed by atoms with van der Waals surface area (Å²) < 4.78 is 0. The molecular formula is C11H11BrO2. The first-order valence-electron chi connectivity index (χ1n) is 4.40. The number of Topliss-reactive ketones (excluding diaryl/α,β-unsaturated/α-hetero) is 2. The van der Waals surface area contributed by atoms with Crippen molar-refractivity contribution in [2.75, 3.05) is 5.33 Å². The zero-order valence-electron chi connectivity index (χ0n) is 7.70. The Balaban J connectivity index is 2.48. The molecule has 0 unspecified atom stereocenters. The normalized spacial score (nSPS) is 9.79. The third-order valence-corrected chi connectivity index (χ3v) is 2.50. The van der Waals surface area contributed by atoms with Crippen molar-refractivity contribution in [2.45, 2.75) is 12.8 Å². The van der Waals surface area contributed by atoms with Crippen molar-refractivity contribution in [2.24, 2.45) is 0 Å². The fourth-order valence-corrected chi connectivity index (χ4v) is 1.37. The van der Waals surface area contributed by atoms with Crippen molar-refractivity contribution >= 4 is 27.5 Å². The van der Waals surface area contributed by atoms with Crippen LogP contribution in [0.4, 0.5) is 0 Å². The number of alkyl halides is 1. The summed E-state index contributed by atoms with van der Waals surface area (Å²) >= 11 is 3.06. The lowest BCUT2D eigenvalue weighted by molar-refractivity contribution is -0.116. The summed E-state index contributed by atoms with van der Waals surface area (Å²) in [7, 11) is 0. The van der Waals surface area contributed by atoms with Crippen LogP contribution < -0.4 is 0 Å². The van der Waals surface area contributed by atoms with Crippen LogP contribution in [0.3, 0.4) is 0 Å². The van der Waals surface area contributed by atoms with Crippen molar-refractivity contribution in [3.63, 3.8) is 0 Å². The molecule has 0 aromatic heterocycles. The van der Waals surface area contributed by atoms with E-state index in [2.05, 4.69) is 15.9 Å². The van der Waals surface area contributed by atoms with Crippen LogP contribution in [-0.2, 0) is 4.79 Å². The van der Waals surface area contributed by atoms with Gasteiger partial charge in [0.1, 0.15) is 5.78 Å². The Morgan fingerprint density at radius 2 is 1.71 bits per heavy atom. The number of ketones is 2. The van der Waals surface area contributed by atoms with Gasteiger partial charge in [0.2, 0.25) is 0 Å². The van der Waals surface area contributed by atoms with E-state index in [1.807, 2.05) is 18.2 Å². The van der Waals surface area contributed by atoms with E-state index in [1.165, 1.54) is 0 Å². The molecule has 1 aromatic carbocycles. The molecule has 0 fully saturated rings. The van der Waals surface area contributed by atoms with E-state index in [9.17, 15) is 9.59 Å². The zero-order chi connectivity index (χ0) is 10.4. The molecule has 0 atom stereocenters. The summed E-state index contributed by atoms with van der Waals surface area (Å²) in [6.45, 7) is 0. The number of hydrogen-bond donors (Lipinski definition) is 0. The first-order valence-corrected chi connectivity index (χ1v) is 5.52. The summed E-state index contributed by atoms with van der Waals surface area (Å²) in [5, 5.41) is 0.328. The molecule has 2 nitrogen and oxygen atoms in total. The highest BCUT2D eigenvalue weighted by Gasteiger charge is 2.07. The number of hydrogen-bond acceptors (Lipinski definition) is 2. The van der Waals surface area contributed by atoms with Crippen LogP contribution in [0.1, 0.15) is 23.2 Å². The largest absolute Gasteiger partial charge is 0.299 e. The lowest BCUT2D eigenvalue weighted by atomic mass is 10.1. The maximum absolute atomic E-state index is 11.5. The van der Waals surface area contributed by atoms with E-state index in [-0.39, 0.29) is 11.6 Å². The minimum atomic E-state index is 0.0277. The summed E-state index contributed by atoms with van der Waals surface area (Å²) in [6.07, 6.45) is 0.618. The second-order valence-corrected chi connectivity index (χ2v) is 3.52. The van der Waals surface area contributed by atoms with Crippen molar-refractivity contribution in [3.05, 3.63) is 35.9 Å². The summed E-state index contributed by atoms with van der Waals surface area (Å²) in [5.41, 5.74) is 0.676. The maximum Gasteiger partial charge on any atom is 0.163 e. The lowest BCUT2D eigenvalue weighted by Crippen LogP contribution is -2.05. The predicted molar refractivity (Wildman–Crippen MR) is 58.8 cm³/mol. The van der Waals surface area contributed by atoms with Gasteiger partial charge in [-0.05, 0) is 0 Å². The monoisotopic (exact) mass is 254 g/mol. The molecule has 0 aliphatic heterocycles. The molecule has 14 heavy (non-hydrogen) atoms. The standard InChI is InChI=1S/C11H11BrO2/c12-8-10(13)6-7-11(14)9-4-2-1-3-5-9/h1-5H,6-8H2. The van der Waals surface area contributed by atoms with Gasteiger partial charge in [0.15, 0.2) is 5.78 Å². The molecular weight excluding hydrogens is 244 g/mol. The van der Waals surface area contributed by atoms with Gasteiger partial charge in [0.05, 0.1) is 5.33 Å². The first-order chi connectivity index (χ1) is 6.74. The van der Waals surface area contributed by atoms with Gasteiger partial charge in [-0.3, -0.25) is 9.59 Å². The Bertz CT molecular complexity index is 319. The highest BCUT2D eigenvalue weighted by molar-refractivity contribution is 9.09. The van der Waals surface area contributed by atoms with Crippen LogP contribution in [0.15, 0.2) is 30.3 Å². The Morgan fingerprint density at radius 3 is 2.29 bits per heavy atom. The Morgan fingerprint density at radius 1 is 1.07 bits per heavy atom. The fourth-order valence-electron chi connectivity index (χ4n) is 1.09. The van der Waals surface area contributed by atoms with Crippen LogP contribution in [-0.4, -0.2) is 16.9 Å². The van der Waals surface area contributed by atoms with Gasteiger partial charge >= 0.3 is 0 Å². The van der Waals surface area contributed by atoms with Gasteiger partial charge < -0.3 is 0 Å². The van der Waals surface area contributed by atoms with E-state index >= 15 is 0 Å². The molecule has 0 spiro atoms. The summed E-state index contributed by atoms with van der Waals surface area (Å²) in [4.78, 5) is 22.4. The number of rotatable bonds is 5. The molecule has 0 radical (unpaired) electrons. The van der Waals surface area contributed by atoms with E-state index in [0.29, 0.717) is 23.7 Å². The number of carbonyl (C=O) groups excluding carboxylic acids is 2. The molecule has 0 N–H and O–H groups in total. The quantitative estimate of drug-likeness (QED) is 0.598. The topological polar surface area (TPSA) is 34.1 Å². The van der Waals surface area contributed by atoms with Crippen molar-refractivity contribution in [1.82, 2.24) is 0 Å². The van der Waals surface area contributed by atoms with E-state index in [1.54, 1.807) is 12.1 Å². The molecule has 1 aromatic rings. The average molecular weight is 255 g/mol. The molecule has 0 heterocycles. The smallest absolute Gasteiger partial charge is 0.163 e. The van der Waals surface area contributed by atoms with Gasteiger partial charge in [0.25, 0.3) is 0 Å². The maximum atomic E-state index is 11.5. The molecule has 0 saturated heterocycles. The lowest BCUT2D eigenvalue weighted by Gasteiger charge is -1.98. The van der Waals surface area contributed by atoms with Crippen LogP contribution in [0.2, 0.25) is 0 Å². The average Bonchev–Trinajstić information content (AvgIpc) is 2.26. The number of halogens is 1. The Labute approximate surface area is 91.4 Å². The first kappa shape index (κ1) is 11.1. The fraction of sp³-hybridized carbons (Fsp3) is 0.273. The molecule has 3 heteroatoms. The molecule has 0 aliphatic carbocycles. The summed E-state index contributed by atoms with van der Waals surface area (Å²) in [6, 6.07) is 9.03. The SMILES string of the molecule is O=C(CBr)CCC(=O)c1ccccc1. The molecule has 74 valence electrons. The van der Waals surface area contributed by atoms with Crippen LogP contribution in [0.5, 0.6) is 0 Å². The van der Waals surface area contributed by atoms with Gasteiger partial charge in [-0.15, -0.1) is 0 Å². The van der Waals surface area contributed by atoms with Crippen molar-refractivity contribution < 1.29 is 9.59 Å². The third kappa shape index (κ3) is 3.42. The number of benzene rings is 1. The second-order valence-electron chi connectivity index (χ2n) is 2.96. The van der Waals surface area contributed by atoms with E-state index < -0.39 is 0 Å². The summed E-state index contributed by atoms with van der Waals surface area (Å²) in [5.74, 6) is 0.0918. The van der Waals surface area contributed by atoms with Crippen LogP contribution in [0.25, 0.3) is 0 Å². The predicted octanol–water partition coefficient (Wildman–Crippen LogP) is 2.61. The van der Waals surface area contributed by atoms with Gasteiger partial charge in [-0.2, -0.15) is 0 Å². The molecule has 0 amide bonds.